The first kappa shape index (κ1) is 23.9. The van der Waals surface area contributed by atoms with Crippen molar-refractivity contribution in [2.45, 2.75) is 31.6 Å². The summed E-state index contributed by atoms with van der Waals surface area (Å²) in [5, 5.41) is 2.98. The summed E-state index contributed by atoms with van der Waals surface area (Å²) in [5.74, 6) is -0.770. The Bertz CT molecular complexity index is 1650. The summed E-state index contributed by atoms with van der Waals surface area (Å²) >= 11 is 0. The van der Waals surface area contributed by atoms with Gasteiger partial charge in [0, 0.05) is 35.7 Å². The molecule has 3 N–H and O–H groups in total. The summed E-state index contributed by atoms with van der Waals surface area (Å²) < 4.78 is 29.8. The molecule has 0 saturated carbocycles. The molecule has 1 aliphatic heterocycles. The molecule has 0 spiro atoms. The SMILES string of the molecule is Nc1ccc(Cc2cccc(-c3cc(F)c4c(c3)C(c3ccc5c(c3)CCCC(=O)N5)C=C=C4)c2)c(F)c1. The van der Waals surface area contributed by atoms with Crippen molar-refractivity contribution in [3.8, 4) is 11.1 Å². The number of nitrogens with one attached hydrogen (secondary N) is 1. The second-order valence-corrected chi connectivity index (χ2v) is 9.96. The van der Waals surface area contributed by atoms with E-state index in [4.69, 9.17) is 5.73 Å². The van der Waals surface area contributed by atoms with E-state index < -0.39 is 0 Å². The molecule has 0 aromatic heterocycles. The van der Waals surface area contributed by atoms with Crippen LogP contribution >= 0.6 is 0 Å². The van der Waals surface area contributed by atoms with Crippen molar-refractivity contribution in [2.24, 2.45) is 0 Å². The summed E-state index contributed by atoms with van der Waals surface area (Å²) in [6.07, 6.45) is 6.19. The van der Waals surface area contributed by atoms with Gasteiger partial charge in [0.2, 0.25) is 5.91 Å². The van der Waals surface area contributed by atoms with Gasteiger partial charge in [0.1, 0.15) is 11.6 Å². The van der Waals surface area contributed by atoms with E-state index in [2.05, 4.69) is 17.1 Å². The first-order valence-corrected chi connectivity index (χ1v) is 12.8. The highest BCUT2D eigenvalue weighted by Gasteiger charge is 2.23. The van der Waals surface area contributed by atoms with Crippen molar-refractivity contribution in [3.63, 3.8) is 0 Å². The van der Waals surface area contributed by atoms with Gasteiger partial charge >= 0.3 is 0 Å². The quantitative estimate of drug-likeness (QED) is 0.225. The van der Waals surface area contributed by atoms with Crippen LogP contribution < -0.4 is 11.1 Å². The minimum absolute atomic E-state index is 0.0374. The van der Waals surface area contributed by atoms with Gasteiger partial charge in [-0.2, -0.15) is 0 Å². The number of halogens is 2. The highest BCUT2D eigenvalue weighted by atomic mass is 19.1. The molecular formula is C33H26F2N2O. The number of hydrogen-bond acceptors (Lipinski definition) is 2. The van der Waals surface area contributed by atoms with Crippen LogP contribution in [-0.2, 0) is 17.6 Å². The number of nitrogens with two attached hydrogens (primary N) is 1. The lowest BCUT2D eigenvalue weighted by atomic mass is 9.82. The van der Waals surface area contributed by atoms with E-state index in [1.165, 1.54) is 6.07 Å². The molecular weight excluding hydrogens is 478 g/mol. The van der Waals surface area contributed by atoms with Crippen LogP contribution in [0.25, 0.3) is 17.2 Å². The zero-order valence-corrected chi connectivity index (χ0v) is 20.7. The van der Waals surface area contributed by atoms with Crippen molar-refractivity contribution in [2.75, 3.05) is 11.1 Å². The first-order valence-electron chi connectivity index (χ1n) is 12.8. The molecule has 38 heavy (non-hydrogen) atoms. The fraction of sp³-hybridized carbons (Fsp3) is 0.152. The van der Waals surface area contributed by atoms with Crippen LogP contribution in [0.4, 0.5) is 20.2 Å². The first-order chi connectivity index (χ1) is 18.4. The molecule has 6 rings (SSSR count). The maximum absolute atomic E-state index is 15.4. The largest absolute Gasteiger partial charge is 0.399 e. The summed E-state index contributed by atoms with van der Waals surface area (Å²) in [5.41, 5.74) is 16.7. The van der Waals surface area contributed by atoms with E-state index in [9.17, 15) is 9.18 Å². The molecule has 1 aliphatic carbocycles. The third kappa shape index (κ3) is 4.65. The van der Waals surface area contributed by atoms with Crippen LogP contribution in [0.2, 0.25) is 0 Å². The average molecular weight is 505 g/mol. The predicted octanol–water partition coefficient (Wildman–Crippen LogP) is 7.39. The Morgan fingerprint density at radius 1 is 0.921 bits per heavy atom. The van der Waals surface area contributed by atoms with Crippen LogP contribution in [0, 0.1) is 11.6 Å². The third-order valence-corrected chi connectivity index (χ3v) is 7.33. The molecule has 3 nitrogen and oxygen atoms in total. The molecule has 1 heterocycles. The highest BCUT2D eigenvalue weighted by Crippen LogP contribution is 2.38. The van der Waals surface area contributed by atoms with Crippen molar-refractivity contribution in [1.29, 1.82) is 0 Å². The number of hydrogen-bond donors (Lipinski definition) is 2. The van der Waals surface area contributed by atoms with Gasteiger partial charge in [-0.25, -0.2) is 8.78 Å². The molecule has 0 fully saturated rings. The van der Waals surface area contributed by atoms with E-state index in [-0.39, 0.29) is 23.5 Å². The Kier molecular flexibility index (Phi) is 6.15. The summed E-state index contributed by atoms with van der Waals surface area (Å²) in [6.45, 7) is 0. The fourth-order valence-corrected chi connectivity index (χ4v) is 5.38. The number of aryl methyl sites for hydroxylation is 1. The van der Waals surface area contributed by atoms with E-state index in [1.54, 1.807) is 24.3 Å². The number of rotatable bonds is 4. The molecule has 0 saturated heterocycles. The molecule has 1 unspecified atom stereocenters. The van der Waals surface area contributed by atoms with Gasteiger partial charge < -0.3 is 11.1 Å². The molecule has 0 radical (unpaired) electrons. The molecule has 4 aromatic rings. The Balaban J connectivity index is 1.36. The third-order valence-electron chi connectivity index (χ3n) is 7.33. The number of amides is 1. The van der Waals surface area contributed by atoms with Gasteiger partial charge in [-0.05, 0) is 94.3 Å². The lowest BCUT2D eigenvalue weighted by Crippen LogP contribution is -2.10. The maximum Gasteiger partial charge on any atom is 0.224 e. The number of benzene rings is 4. The van der Waals surface area contributed by atoms with Gasteiger partial charge in [-0.3, -0.25) is 4.79 Å². The summed E-state index contributed by atoms with van der Waals surface area (Å²) in [7, 11) is 0. The molecule has 5 heteroatoms. The van der Waals surface area contributed by atoms with Gasteiger partial charge in [0.25, 0.3) is 0 Å². The standard InChI is InChI=1S/C33H26F2N2O/c34-30-19-26(36)12-10-23(30)15-20-4-1-5-21(14-20)25-17-29-27(7-3-8-28(29)31(35)18-25)22-11-13-32-24(16-22)6-2-9-33(38)37-32/h1,4-5,7-8,10-14,16-19,27H,2,6,9,15,36H2,(H,37,38). The van der Waals surface area contributed by atoms with Gasteiger partial charge in [-0.1, -0.05) is 42.5 Å². The summed E-state index contributed by atoms with van der Waals surface area (Å²) in [4.78, 5) is 12.0. The normalized spacial score (nSPS) is 15.9. The number of allylic oxidation sites excluding steroid dienone is 1. The Hall–Kier alpha value is -4.47. The minimum atomic E-state index is -0.336. The smallest absolute Gasteiger partial charge is 0.224 e. The van der Waals surface area contributed by atoms with Crippen molar-refractivity contribution in [1.82, 2.24) is 0 Å². The summed E-state index contributed by atoms with van der Waals surface area (Å²) in [6, 6.07) is 22.1. The minimum Gasteiger partial charge on any atom is -0.399 e. The van der Waals surface area contributed by atoms with Crippen LogP contribution in [-0.4, -0.2) is 5.91 Å². The second kappa shape index (κ2) is 9.77. The molecule has 1 amide bonds. The number of carbonyl (C=O) groups is 1. The monoisotopic (exact) mass is 504 g/mol. The second-order valence-electron chi connectivity index (χ2n) is 9.96. The fourth-order valence-electron chi connectivity index (χ4n) is 5.38. The number of nitrogen functional groups attached to an aromatic ring is 1. The Morgan fingerprint density at radius 2 is 1.82 bits per heavy atom. The lowest BCUT2D eigenvalue weighted by Gasteiger charge is -2.21. The van der Waals surface area contributed by atoms with Crippen molar-refractivity contribution >= 4 is 23.4 Å². The molecule has 188 valence electrons. The number of fused-ring (bicyclic) bond motifs is 2. The lowest BCUT2D eigenvalue weighted by molar-refractivity contribution is -0.116. The topological polar surface area (TPSA) is 55.1 Å². The molecule has 4 aromatic carbocycles. The van der Waals surface area contributed by atoms with Crippen LogP contribution in [0.15, 0.2) is 84.6 Å². The van der Waals surface area contributed by atoms with Gasteiger partial charge in [0.05, 0.1) is 0 Å². The van der Waals surface area contributed by atoms with Crippen LogP contribution in [0.3, 0.4) is 0 Å². The number of anilines is 2. The van der Waals surface area contributed by atoms with Crippen molar-refractivity contribution < 1.29 is 13.6 Å². The molecule has 2 aliphatic rings. The van der Waals surface area contributed by atoms with Crippen molar-refractivity contribution in [3.05, 3.63) is 130 Å². The van der Waals surface area contributed by atoms with E-state index in [0.717, 1.165) is 51.9 Å². The predicted molar refractivity (Wildman–Crippen MR) is 148 cm³/mol. The zero-order valence-electron chi connectivity index (χ0n) is 20.7. The number of carbonyl (C=O) groups excluding carboxylic acids is 1. The van der Waals surface area contributed by atoms with E-state index >= 15 is 4.39 Å². The Labute approximate surface area is 220 Å². The maximum atomic E-state index is 15.4. The Morgan fingerprint density at radius 3 is 2.68 bits per heavy atom. The highest BCUT2D eigenvalue weighted by molar-refractivity contribution is 5.92. The van der Waals surface area contributed by atoms with E-state index in [1.807, 2.05) is 48.5 Å². The van der Waals surface area contributed by atoms with Gasteiger partial charge in [0.15, 0.2) is 0 Å². The molecule has 1 atom stereocenters. The zero-order chi connectivity index (χ0) is 26.2. The average Bonchev–Trinajstić information content (AvgIpc) is 3.10. The van der Waals surface area contributed by atoms with E-state index in [0.29, 0.717) is 29.7 Å². The van der Waals surface area contributed by atoms with Crippen LogP contribution in [0.5, 0.6) is 0 Å². The molecule has 0 bridgehead atoms. The van der Waals surface area contributed by atoms with Crippen LogP contribution in [0.1, 0.15) is 52.1 Å². The van der Waals surface area contributed by atoms with Gasteiger partial charge in [-0.15, -0.1) is 5.73 Å².